The summed E-state index contributed by atoms with van der Waals surface area (Å²) in [5.74, 6) is 0.849. The van der Waals surface area contributed by atoms with Gasteiger partial charge in [0.15, 0.2) is 0 Å². The molecule has 1 aromatic carbocycles. The minimum atomic E-state index is 0.730. The minimum Gasteiger partial charge on any atom is -0.330 e. The van der Waals surface area contributed by atoms with Gasteiger partial charge in [0.2, 0.25) is 0 Å². The minimum absolute atomic E-state index is 0.730. The van der Waals surface area contributed by atoms with Crippen molar-refractivity contribution in [1.29, 1.82) is 0 Å². The van der Waals surface area contributed by atoms with Crippen LogP contribution in [0.3, 0.4) is 0 Å². The molecule has 0 amide bonds. The lowest BCUT2D eigenvalue weighted by Crippen LogP contribution is -2.26. The van der Waals surface area contributed by atoms with E-state index in [1.807, 2.05) is 0 Å². The summed E-state index contributed by atoms with van der Waals surface area (Å²) in [4.78, 5) is 2.59. The van der Waals surface area contributed by atoms with Gasteiger partial charge in [-0.25, -0.2) is 0 Å². The molecule has 2 rings (SSSR count). The van der Waals surface area contributed by atoms with Gasteiger partial charge in [0.05, 0.1) is 0 Å². The summed E-state index contributed by atoms with van der Waals surface area (Å²) in [6, 6.07) is 9.66. The van der Waals surface area contributed by atoms with E-state index < -0.39 is 0 Å². The van der Waals surface area contributed by atoms with E-state index in [9.17, 15) is 0 Å². The van der Waals surface area contributed by atoms with Gasteiger partial charge in [-0.1, -0.05) is 31.2 Å². The van der Waals surface area contributed by atoms with Crippen LogP contribution in [0, 0.1) is 5.92 Å². The second-order valence-corrected chi connectivity index (χ2v) is 5.47. The largest absolute Gasteiger partial charge is 0.330 e. The first-order valence-corrected chi connectivity index (χ1v) is 6.71. The van der Waals surface area contributed by atoms with Crippen LogP contribution in [0.1, 0.15) is 31.4 Å². The number of hydrogen-bond acceptors (Lipinski definition) is 2. The molecule has 0 radical (unpaired) electrons. The second-order valence-electron chi connectivity index (χ2n) is 5.47. The lowest BCUT2D eigenvalue weighted by Gasteiger charge is -2.21. The predicted octanol–water partition coefficient (Wildman–Crippen LogP) is 2.42. The van der Waals surface area contributed by atoms with Crippen LogP contribution < -0.4 is 5.73 Å². The first kappa shape index (κ1) is 12.6. The van der Waals surface area contributed by atoms with Crippen LogP contribution in [0.15, 0.2) is 24.3 Å². The molecule has 1 fully saturated rings. The zero-order valence-corrected chi connectivity index (χ0v) is 11.0. The Hall–Kier alpha value is -0.860. The van der Waals surface area contributed by atoms with Gasteiger partial charge in [0.25, 0.3) is 0 Å². The summed E-state index contributed by atoms with van der Waals surface area (Å²) in [5.41, 5.74) is 8.33. The number of nitrogens with two attached hydrogens (primary N) is 1. The lowest BCUT2D eigenvalue weighted by molar-refractivity contribution is 0.256. The molecule has 2 heteroatoms. The Kier molecular flexibility index (Phi) is 4.19. The van der Waals surface area contributed by atoms with Crippen molar-refractivity contribution in [2.24, 2.45) is 11.7 Å². The molecule has 2 N–H and O–H groups in total. The molecular formula is C15H24N2. The summed E-state index contributed by atoms with van der Waals surface area (Å²) in [7, 11) is 0. The van der Waals surface area contributed by atoms with Gasteiger partial charge in [0, 0.05) is 19.1 Å². The molecule has 1 aliphatic rings. The zero-order chi connectivity index (χ0) is 12.3. The van der Waals surface area contributed by atoms with E-state index in [1.165, 1.54) is 24.1 Å². The third-order valence-corrected chi connectivity index (χ3v) is 3.75. The molecule has 0 aliphatic carbocycles. The van der Waals surface area contributed by atoms with Gasteiger partial charge in [-0.15, -0.1) is 0 Å². The lowest BCUT2D eigenvalue weighted by atomic mass is 10.1. The Labute approximate surface area is 105 Å². The van der Waals surface area contributed by atoms with Crippen molar-refractivity contribution >= 4 is 0 Å². The highest BCUT2D eigenvalue weighted by Gasteiger charge is 2.25. The van der Waals surface area contributed by atoms with Crippen molar-refractivity contribution in [3.8, 4) is 0 Å². The monoisotopic (exact) mass is 232 g/mol. The van der Waals surface area contributed by atoms with E-state index in [0.29, 0.717) is 0 Å². The van der Waals surface area contributed by atoms with Crippen LogP contribution in [-0.4, -0.2) is 24.0 Å². The van der Waals surface area contributed by atoms with E-state index in [4.69, 9.17) is 5.73 Å². The standard InChI is InChI=1S/C15H24N2/c1-12-9-13(2)17(10-12)11-15-5-3-14(4-6-15)7-8-16/h3-6,12-13H,7-11,16H2,1-2H3. The average molecular weight is 232 g/mol. The topological polar surface area (TPSA) is 29.3 Å². The first-order valence-electron chi connectivity index (χ1n) is 6.71. The second kappa shape index (κ2) is 5.65. The first-order chi connectivity index (χ1) is 8.19. The van der Waals surface area contributed by atoms with Crippen molar-refractivity contribution in [3.05, 3.63) is 35.4 Å². The molecule has 2 nitrogen and oxygen atoms in total. The fourth-order valence-corrected chi connectivity index (χ4v) is 2.82. The Morgan fingerprint density at radius 2 is 1.82 bits per heavy atom. The molecule has 0 spiro atoms. The number of nitrogens with zero attached hydrogens (tertiary/aromatic N) is 1. The third kappa shape index (κ3) is 3.30. The maximum atomic E-state index is 5.56. The van der Waals surface area contributed by atoms with Crippen molar-refractivity contribution in [2.45, 2.75) is 39.3 Å². The summed E-state index contributed by atoms with van der Waals surface area (Å²) < 4.78 is 0. The molecule has 0 saturated carbocycles. The highest BCUT2D eigenvalue weighted by atomic mass is 15.2. The van der Waals surface area contributed by atoms with Crippen LogP contribution in [-0.2, 0) is 13.0 Å². The molecule has 2 unspecified atom stereocenters. The maximum absolute atomic E-state index is 5.56. The van der Waals surface area contributed by atoms with Gasteiger partial charge in [-0.3, -0.25) is 4.90 Å². The van der Waals surface area contributed by atoms with Crippen LogP contribution >= 0.6 is 0 Å². The maximum Gasteiger partial charge on any atom is 0.0236 e. The summed E-state index contributed by atoms with van der Waals surface area (Å²) in [5, 5.41) is 0. The fraction of sp³-hybridized carbons (Fsp3) is 0.600. The Morgan fingerprint density at radius 3 is 2.35 bits per heavy atom. The molecule has 0 aromatic heterocycles. The zero-order valence-electron chi connectivity index (χ0n) is 11.0. The van der Waals surface area contributed by atoms with E-state index >= 15 is 0 Å². The van der Waals surface area contributed by atoms with Crippen LogP contribution in [0.25, 0.3) is 0 Å². The van der Waals surface area contributed by atoms with Crippen LogP contribution in [0.4, 0.5) is 0 Å². The van der Waals surface area contributed by atoms with Gasteiger partial charge in [-0.2, -0.15) is 0 Å². The Balaban J connectivity index is 1.94. The van der Waals surface area contributed by atoms with Gasteiger partial charge >= 0.3 is 0 Å². The van der Waals surface area contributed by atoms with E-state index in [0.717, 1.165) is 31.5 Å². The Bertz CT molecular complexity index is 344. The summed E-state index contributed by atoms with van der Waals surface area (Å²) in [6.07, 6.45) is 2.32. The van der Waals surface area contributed by atoms with Gasteiger partial charge in [-0.05, 0) is 43.4 Å². The van der Waals surface area contributed by atoms with Crippen molar-refractivity contribution in [3.63, 3.8) is 0 Å². The molecule has 1 aromatic rings. The van der Waals surface area contributed by atoms with E-state index in [1.54, 1.807) is 0 Å². The SMILES string of the molecule is CC1CC(C)N(Cc2ccc(CCN)cc2)C1. The number of likely N-dealkylation sites (tertiary alicyclic amines) is 1. The Morgan fingerprint density at radius 1 is 1.18 bits per heavy atom. The molecular weight excluding hydrogens is 208 g/mol. The summed E-state index contributed by atoms with van der Waals surface area (Å²) in [6.45, 7) is 7.76. The van der Waals surface area contributed by atoms with Gasteiger partial charge in [0.1, 0.15) is 0 Å². The van der Waals surface area contributed by atoms with Crippen LogP contribution in [0.5, 0.6) is 0 Å². The van der Waals surface area contributed by atoms with Gasteiger partial charge < -0.3 is 5.73 Å². The molecule has 0 bridgehead atoms. The van der Waals surface area contributed by atoms with E-state index in [2.05, 4.69) is 43.0 Å². The van der Waals surface area contributed by atoms with Crippen molar-refractivity contribution < 1.29 is 0 Å². The quantitative estimate of drug-likeness (QED) is 0.864. The molecule has 94 valence electrons. The molecule has 1 saturated heterocycles. The highest BCUT2D eigenvalue weighted by Crippen LogP contribution is 2.24. The molecule has 1 heterocycles. The number of benzene rings is 1. The number of hydrogen-bond donors (Lipinski definition) is 1. The smallest absolute Gasteiger partial charge is 0.0236 e. The third-order valence-electron chi connectivity index (χ3n) is 3.75. The molecule has 2 atom stereocenters. The predicted molar refractivity (Wildman–Crippen MR) is 72.9 cm³/mol. The van der Waals surface area contributed by atoms with Crippen LogP contribution in [0.2, 0.25) is 0 Å². The van der Waals surface area contributed by atoms with Crippen molar-refractivity contribution in [1.82, 2.24) is 4.90 Å². The molecule has 17 heavy (non-hydrogen) atoms. The molecule has 1 aliphatic heterocycles. The van der Waals surface area contributed by atoms with E-state index in [-0.39, 0.29) is 0 Å². The average Bonchev–Trinajstić information content (AvgIpc) is 2.61. The normalized spacial score (nSPS) is 25.4. The fourth-order valence-electron chi connectivity index (χ4n) is 2.82. The summed E-state index contributed by atoms with van der Waals surface area (Å²) >= 11 is 0. The number of rotatable bonds is 4. The van der Waals surface area contributed by atoms with Crippen molar-refractivity contribution in [2.75, 3.05) is 13.1 Å². The highest BCUT2D eigenvalue weighted by molar-refractivity contribution is 5.23.